The molecule has 0 aliphatic heterocycles. The van der Waals surface area contributed by atoms with E-state index in [1.165, 1.54) is 0 Å². The van der Waals surface area contributed by atoms with E-state index in [1.54, 1.807) is 11.2 Å². The van der Waals surface area contributed by atoms with E-state index in [2.05, 4.69) is 19.7 Å². The molecule has 0 aliphatic carbocycles. The van der Waals surface area contributed by atoms with Crippen LogP contribution in [0.3, 0.4) is 0 Å². The predicted molar refractivity (Wildman–Crippen MR) is 52.2 cm³/mol. The fourth-order valence-corrected chi connectivity index (χ4v) is 0.919. The van der Waals surface area contributed by atoms with Crippen LogP contribution in [0.15, 0.2) is 38.0 Å². The summed E-state index contributed by atoms with van der Waals surface area (Å²) in [7, 11) is 0. The highest BCUT2D eigenvalue weighted by atomic mass is 15.7. The van der Waals surface area contributed by atoms with Crippen molar-refractivity contribution in [2.45, 2.75) is 0 Å². The number of nitrogens with two attached hydrogens (primary N) is 1. The summed E-state index contributed by atoms with van der Waals surface area (Å²) in [6.45, 7) is 13.2. The van der Waals surface area contributed by atoms with Crippen molar-refractivity contribution in [3.05, 3.63) is 38.0 Å². The van der Waals surface area contributed by atoms with Gasteiger partial charge in [-0.05, 0) is 12.2 Å². The monoisotopic (exact) mass is 168 g/mol. The molecule has 0 aromatic heterocycles. The lowest BCUT2D eigenvalue weighted by atomic mass is 10.5. The Morgan fingerprint density at radius 1 is 1.08 bits per heavy atom. The maximum atomic E-state index is 5.73. The average Bonchev–Trinajstić information content (AvgIpc) is 2.04. The second kappa shape index (κ2) is 6.79. The van der Waals surface area contributed by atoms with Gasteiger partial charge in [0.05, 0.1) is 6.54 Å². The Morgan fingerprint density at radius 2 is 1.58 bits per heavy atom. The Bertz CT molecular complexity index is 144. The van der Waals surface area contributed by atoms with Crippen LogP contribution in [0.2, 0.25) is 0 Å². The van der Waals surface area contributed by atoms with Crippen LogP contribution < -0.4 is 10.9 Å². The number of hydrazine groups is 1. The SMILES string of the molecule is C=CCN(N)[NH+](CC=C)CC=C. The summed E-state index contributed by atoms with van der Waals surface area (Å²) in [6.07, 6.45) is 5.44. The van der Waals surface area contributed by atoms with E-state index in [0.29, 0.717) is 6.54 Å². The summed E-state index contributed by atoms with van der Waals surface area (Å²) in [6, 6.07) is 0. The topological polar surface area (TPSA) is 33.7 Å². The average molecular weight is 168 g/mol. The molecular weight excluding hydrogens is 150 g/mol. The standard InChI is InChI=1S/C9H17N3/c1-4-7-11(8-5-2)12(10)9-6-3/h4-6H,1-3,7-10H2/p+1. The van der Waals surface area contributed by atoms with Crippen molar-refractivity contribution in [2.24, 2.45) is 5.84 Å². The van der Waals surface area contributed by atoms with E-state index in [4.69, 9.17) is 5.84 Å². The molecular formula is C9H18N3+. The molecule has 0 heterocycles. The van der Waals surface area contributed by atoms with E-state index in [1.807, 2.05) is 12.2 Å². The number of quaternary nitrogens is 1. The van der Waals surface area contributed by atoms with E-state index >= 15 is 0 Å². The molecule has 0 unspecified atom stereocenters. The van der Waals surface area contributed by atoms with Gasteiger partial charge in [0, 0.05) is 0 Å². The molecule has 0 radical (unpaired) electrons. The van der Waals surface area contributed by atoms with Gasteiger partial charge in [0.1, 0.15) is 13.1 Å². The highest BCUT2D eigenvalue weighted by Gasteiger charge is 2.09. The number of nitrogens with one attached hydrogen (secondary N) is 1. The van der Waals surface area contributed by atoms with Crippen LogP contribution in [0.5, 0.6) is 0 Å². The van der Waals surface area contributed by atoms with Gasteiger partial charge in [-0.2, -0.15) is 0 Å². The smallest absolute Gasteiger partial charge is 0.115 e. The summed E-state index contributed by atoms with van der Waals surface area (Å²) in [4.78, 5) is 0. The summed E-state index contributed by atoms with van der Waals surface area (Å²) >= 11 is 0. The first-order valence-electron chi connectivity index (χ1n) is 3.95. The van der Waals surface area contributed by atoms with Gasteiger partial charge in [-0.1, -0.05) is 24.4 Å². The fraction of sp³-hybridized carbons (Fsp3) is 0.333. The lowest BCUT2D eigenvalue weighted by Gasteiger charge is -2.23. The van der Waals surface area contributed by atoms with Crippen LogP contribution in [-0.4, -0.2) is 24.8 Å². The van der Waals surface area contributed by atoms with Gasteiger partial charge in [0.2, 0.25) is 0 Å². The number of rotatable bonds is 7. The van der Waals surface area contributed by atoms with Crippen LogP contribution in [0.1, 0.15) is 0 Å². The Morgan fingerprint density at radius 3 is 1.92 bits per heavy atom. The van der Waals surface area contributed by atoms with E-state index in [0.717, 1.165) is 18.1 Å². The van der Waals surface area contributed by atoms with Crippen LogP contribution in [-0.2, 0) is 0 Å². The molecule has 0 rings (SSSR count). The predicted octanol–water partition coefficient (Wildman–Crippen LogP) is -0.480. The zero-order valence-electron chi connectivity index (χ0n) is 7.50. The van der Waals surface area contributed by atoms with Crippen LogP contribution in [0.4, 0.5) is 0 Å². The van der Waals surface area contributed by atoms with Crippen molar-refractivity contribution < 1.29 is 5.01 Å². The fourth-order valence-electron chi connectivity index (χ4n) is 0.919. The third kappa shape index (κ3) is 4.08. The Labute approximate surface area is 74.4 Å². The van der Waals surface area contributed by atoms with Crippen molar-refractivity contribution in [3.63, 3.8) is 0 Å². The number of nitrogens with zero attached hydrogens (tertiary/aromatic N) is 1. The van der Waals surface area contributed by atoms with Crippen molar-refractivity contribution in [3.8, 4) is 0 Å². The minimum absolute atomic E-state index is 0.664. The third-order valence-corrected chi connectivity index (χ3v) is 1.49. The maximum absolute atomic E-state index is 5.73. The number of hydrogen-bond donors (Lipinski definition) is 2. The molecule has 0 amide bonds. The number of hydrogen-bond acceptors (Lipinski definition) is 2. The lowest BCUT2D eigenvalue weighted by molar-refractivity contribution is -1.01. The van der Waals surface area contributed by atoms with Gasteiger partial charge in [-0.15, -0.1) is 6.58 Å². The third-order valence-electron chi connectivity index (χ3n) is 1.49. The zero-order valence-corrected chi connectivity index (χ0v) is 7.50. The summed E-state index contributed by atoms with van der Waals surface area (Å²) < 4.78 is 0. The minimum Gasteiger partial charge on any atom is -0.234 e. The normalized spacial score (nSPS) is 10.2. The van der Waals surface area contributed by atoms with E-state index in [9.17, 15) is 0 Å². The molecule has 0 bridgehead atoms. The summed E-state index contributed by atoms with van der Waals surface area (Å²) in [5.74, 6) is 5.73. The van der Waals surface area contributed by atoms with Crippen LogP contribution in [0.25, 0.3) is 0 Å². The Kier molecular flexibility index (Phi) is 6.28. The molecule has 0 aromatic rings. The summed E-state index contributed by atoms with van der Waals surface area (Å²) in [5.41, 5.74) is 0. The Hall–Kier alpha value is -0.900. The molecule has 3 heteroatoms. The van der Waals surface area contributed by atoms with Crippen molar-refractivity contribution in [1.29, 1.82) is 0 Å². The van der Waals surface area contributed by atoms with Gasteiger partial charge >= 0.3 is 0 Å². The highest BCUT2D eigenvalue weighted by Crippen LogP contribution is 1.67. The molecule has 68 valence electrons. The molecule has 0 fully saturated rings. The molecule has 0 aromatic carbocycles. The van der Waals surface area contributed by atoms with Crippen molar-refractivity contribution in [1.82, 2.24) is 5.12 Å². The van der Waals surface area contributed by atoms with E-state index in [-0.39, 0.29) is 0 Å². The van der Waals surface area contributed by atoms with Crippen LogP contribution >= 0.6 is 0 Å². The molecule has 0 saturated heterocycles. The molecule has 12 heavy (non-hydrogen) atoms. The molecule has 0 spiro atoms. The first kappa shape index (κ1) is 11.1. The second-order valence-electron chi connectivity index (χ2n) is 2.49. The highest BCUT2D eigenvalue weighted by molar-refractivity contribution is 4.69. The second-order valence-corrected chi connectivity index (χ2v) is 2.49. The molecule has 0 atom stereocenters. The zero-order chi connectivity index (χ0) is 9.40. The van der Waals surface area contributed by atoms with Crippen molar-refractivity contribution >= 4 is 0 Å². The molecule has 3 N–H and O–H groups in total. The van der Waals surface area contributed by atoms with Gasteiger partial charge < -0.3 is 0 Å². The minimum atomic E-state index is 0.664. The first-order chi connectivity index (χ1) is 5.76. The quantitative estimate of drug-likeness (QED) is 0.306. The molecule has 0 saturated carbocycles. The van der Waals surface area contributed by atoms with E-state index < -0.39 is 0 Å². The van der Waals surface area contributed by atoms with Gasteiger partial charge in [-0.3, -0.25) is 0 Å². The van der Waals surface area contributed by atoms with Gasteiger partial charge in [-0.25, -0.2) is 10.9 Å². The maximum Gasteiger partial charge on any atom is 0.115 e. The lowest BCUT2D eigenvalue weighted by Crippen LogP contribution is -3.19. The van der Waals surface area contributed by atoms with Crippen LogP contribution in [0, 0.1) is 0 Å². The summed E-state index contributed by atoms with van der Waals surface area (Å²) in [5, 5.41) is 2.79. The van der Waals surface area contributed by atoms with Gasteiger partial charge in [0.15, 0.2) is 0 Å². The molecule has 3 nitrogen and oxygen atoms in total. The largest absolute Gasteiger partial charge is 0.234 e. The van der Waals surface area contributed by atoms with Gasteiger partial charge in [0.25, 0.3) is 0 Å². The van der Waals surface area contributed by atoms with Crippen molar-refractivity contribution in [2.75, 3.05) is 19.6 Å². The first-order valence-corrected chi connectivity index (χ1v) is 3.95. The molecule has 0 aliphatic rings. The Balaban J connectivity index is 3.96.